The Labute approximate surface area is 93.5 Å². The third-order valence-electron chi connectivity index (χ3n) is 2.37. The Morgan fingerprint density at radius 1 is 1.13 bits per heavy atom. The molecule has 1 nitrogen and oxygen atoms in total. The van der Waals surface area contributed by atoms with Gasteiger partial charge in [0.15, 0.2) is 0 Å². The summed E-state index contributed by atoms with van der Waals surface area (Å²) in [6, 6.07) is 8.54. The van der Waals surface area contributed by atoms with Crippen LogP contribution in [0.2, 0.25) is 0 Å². The number of carbonyl (C=O) groups is 1. The van der Waals surface area contributed by atoms with Gasteiger partial charge in [0, 0.05) is 6.42 Å². The molecule has 0 fully saturated rings. The molecule has 0 unspecified atom stereocenters. The van der Waals surface area contributed by atoms with Crippen LogP contribution in [0.15, 0.2) is 24.3 Å². The van der Waals surface area contributed by atoms with Gasteiger partial charge >= 0.3 is 0 Å². The summed E-state index contributed by atoms with van der Waals surface area (Å²) in [6.07, 6.45) is 2.44. The van der Waals surface area contributed by atoms with Crippen LogP contribution in [0, 0.1) is 0 Å². The second-order valence-corrected chi connectivity index (χ2v) is 4.65. The molecule has 1 aromatic rings. The average molecular weight is 206 g/mol. The van der Waals surface area contributed by atoms with Crippen molar-refractivity contribution in [2.45, 2.75) is 46.5 Å². The topological polar surface area (TPSA) is 17.1 Å². The van der Waals surface area contributed by atoms with Crippen LogP contribution >= 0.6 is 0 Å². The predicted molar refractivity (Wildman–Crippen MR) is 66.3 cm³/mol. The van der Waals surface area contributed by atoms with Crippen LogP contribution in [0.4, 0.5) is 0 Å². The zero-order chi connectivity index (χ0) is 10.6. The summed E-state index contributed by atoms with van der Waals surface area (Å²) in [5.41, 5.74) is 2.79. The fourth-order valence-electron chi connectivity index (χ4n) is 1.40. The number of hydrogen-bond donors (Lipinski definition) is 0. The Hall–Kier alpha value is -1.11. The lowest BCUT2D eigenvalue weighted by molar-refractivity contribution is -0.107. The van der Waals surface area contributed by atoms with Crippen molar-refractivity contribution in [3.05, 3.63) is 35.4 Å². The molecule has 0 saturated carbocycles. The van der Waals surface area contributed by atoms with E-state index in [9.17, 15) is 4.79 Å². The highest BCUT2D eigenvalue weighted by atomic mass is 16.1. The molecular formula is C14H22O. The van der Waals surface area contributed by atoms with Crippen molar-refractivity contribution in [1.29, 1.82) is 0 Å². The van der Waals surface area contributed by atoms with E-state index in [0.29, 0.717) is 6.42 Å². The van der Waals surface area contributed by atoms with Crippen LogP contribution in [0.25, 0.3) is 0 Å². The van der Waals surface area contributed by atoms with E-state index in [2.05, 4.69) is 45.0 Å². The fraction of sp³-hybridized carbons (Fsp3) is 0.500. The van der Waals surface area contributed by atoms with Gasteiger partial charge in [-0.1, -0.05) is 52.5 Å². The van der Waals surface area contributed by atoms with Crippen molar-refractivity contribution in [1.82, 2.24) is 0 Å². The second kappa shape index (κ2) is 5.69. The molecule has 1 rings (SSSR count). The van der Waals surface area contributed by atoms with Crippen molar-refractivity contribution < 1.29 is 4.79 Å². The standard InChI is InChI=1S/C13H18O.CH4/c1-13(2,3)12-8-6-11(7-9-12)5-4-10-14;/h6-10H,4-5H2,1-3H3;1H4. The van der Waals surface area contributed by atoms with Gasteiger partial charge < -0.3 is 4.79 Å². The Bertz CT molecular complexity index is 290. The molecule has 0 atom stereocenters. The molecule has 0 aromatic heterocycles. The molecule has 0 aliphatic heterocycles. The van der Waals surface area contributed by atoms with E-state index in [1.807, 2.05) is 0 Å². The molecule has 0 amide bonds. The molecule has 0 bridgehead atoms. The van der Waals surface area contributed by atoms with Crippen LogP contribution in [0.5, 0.6) is 0 Å². The Balaban J connectivity index is 0.00000196. The summed E-state index contributed by atoms with van der Waals surface area (Å²) in [5.74, 6) is 0. The minimum absolute atomic E-state index is 0. The maximum Gasteiger partial charge on any atom is 0.120 e. The normalized spacial score (nSPS) is 10.6. The highest BCUT2D eigenvalue weighted by Crippen LogP contribution is 2.22. The van der Waals surface area contributed by atoms with Gasteiger partial charge in [0.2, 0.25) is 0 Å². The van der Waals surface area contributed by atoms with Gasteiger partial charge in [-0.15, -0.1) is 0 Å². The van der Waals surface area contributed by atoms with Gasteiger partial charge in [-0.2, -0.15) is 0 Å². The van der Waals surface area contributed by atoms with Gasteiger partial charge in [-0.3, -0.25) is 0 Å². The second-order valence-electron chi connectivity index (χ2n) is 4.65. The molecule has 84 valence electrons. The first kappa shape index (κ1) is 13.9. The van der Waals surface area contributed by atoms with E-state index in [1.165, 1.54) is 11.1 Å². The van der Waals surface area contributed by atoms with Crippen molar-refractivity contribution in [3.63, 3.8) is 0 Å². The summed E-state index contributed by atoms with van der Waals surface area (Å²) < 4.78 is 0. The lowest BCUT2D eigenvalue weighted by atomic mass is 9.86. The molecule has 0 spiro atoms. The molecule has 0 radical (unpaired) electrons. The summed E-state index contributed by atoms with van der Waals surface area (Å²) in [6.45, 7) is 6.61. The first-order valence-electron chi connectivity index (χ1n) is 5.07. The van der Waals surface area contributed by atoms with Crippen LogP contribution in [-0.4, -0.2) is 6.29 Å². The predicted octanol–water partition coefficient (Wildman–Crippen LogP) is 3.75. The quantitative estimate of drug-likeness (QED) is 0.688. The zero-order valence-electron chi connectivity index (χ0n) is 9.21. The smallest absolute Gasteiger partial charge is 0.120 e. The number of benzene rings is 1. The molecule has 0 aliphatic rings. The highest BCUT2D eigenvalue weighted by Gasteiger charge is 2.12. The third kappa shape index (κ3) is 4.28. The lowest BCUT2D eigenvalue weighted by Gasteiger charge is -2.19. The van der Waals surface area contributed by atoms with Gasteiger partial charge in [0.1, 0.15) is 6.29 Å². The number of rotatable bonds is 3. The summed E-state index contributed by atoms with van der Waals surface area (Å²) in [7, 11) is 0. The minimum atomic E-state index is 0. The van der Waals surface area contributed by atoms with Crippen LogP contribution in [-0.2, 0) is 16.6 Å². The van der Waals surface area contributed by atoms with Crippen molar-refractivity contribution in [2.24, 2.45) is 0 Å². The van der Waals surface area contributed by atoms with Gasteiger partial charge in [-0.05, 0) is 23.0 Å². The number of hydrogen-bond acceptors (Lipinski definition) is 1. The number of aldehydes is 1. The highest BCUT2D eigenvalue weighted by molar-refractivity contribution is 5.50. The maximum absolute atomic E-state index is 10.2. The zero-order valence-corrected chi connectivity index (χ0v) is 9.21. The lowest BCUT2D eigenvalue weighted by Crippen LogP contribution is -2.10. The van der Waals surface area contributed by atoms with E-state index in [-0.39, 0.29) is 12.8 Å². The minimum Gasteiger partial charge on any atom is -0.303 e. The molecule has 0 aliphatic carbocycles. The van der Waals surface area contributed by atoms with Crippen LogP contribution in [0.3, 0.4) is 0 Å². The van der Waals surface area contributed by atoms with Gasteiger partial charge in [0.05, 0.1) is 0 Å². The van der Waals surface area contributed by atoms with Crippen molar-refractivity contribution >= 4 is 6.29 Å². The van der Waals surface area contributed by atoms with E-state index < -0.39 is 0 Å². The van der Waals surface area contributed by atoms with Crippen molar-refractivity contribution in [2.75, 3.05) is 0 Å². The molecular weight excluding hydrogens is 184 g/mol. The van der Waals surface area contributed by atoms with E-state index in [4.69, 9.17) is 0 Å². The van der Waals surface area contributed by atoms with E-state index in [1.54, 1.807) is 0 Å². The monoisotopic (exact) mass is 206 g/mol. The van der Waals surface area contributed by atoms with Gasteiger partial charge in [0.25, 0.3) is 0 Å². The first-order chi connectivity index (χ1) is 6.54. The van der Waals surface area contributed by atoms with Crippen molar-refractivity contribution in [3.8, 4) is 0 Å². The molecule has 0 N–H and O–H groups in total. The Morgan fingerprint density at radius 3 is 2.07 bits per heavy atom. The van der Waals surface area contributed by atoms with Crippen LogP contribution in [0.1, 0.15) is 45.7 Å². The molecule has 15 heavy (non-hydrogen) atoms. The van der Waals surface area contributed by atoms with E-state index >= 15 is 0 Å². The van der Waals surface area contributed by atoms with Crippen LogP contribution < -0.4 is 0 Å². The number of aryl methyl sites for hydroxylation is 1. The third-order valence-corrected chi connectivity index (χ3v) is 2.37. The molecule has 0 heterocycles. The Kier molecular flexibility index (Phi) is 5.27. The fourth-order valence-corrected chi connectivity index (χ4v) is 1.40. The first-order valence-corrected chi connectivity index (χ1v) is 5.07. The molecule has 1 aromatic carbocycles. The molecule has 0 saturated heterocycles. The number of carbonyl (C=O) groups excluding carboxylic acids is 1. The van der Waals surface area contributed by atoms with Gasteiger partial charge in [-0.25, -0.2) is 0 Å². The van der Waals surface area contributed by atoms with E-state index in [0.717, 1.165) is 12.7 Å². The average Bonchev–Trinajstić information content (AvgIpc) is 2.14. The molecule has 1 heteroatoms. The SMILES string of the molecule is C.CC(C)(C)c1ccc(CCC=O)cc1. The largest absolute Gasteiger partial charge is 0.303 e. The maximum atomic E-state index is 10.2. The summed E-state index contributed by atoms with van der Waals surface area (Å²) in [5, 5.41) is 0. The summed E-state index contributed by atoms with van der Waals surface area (Å²) >= 11 is 0. The Morgan fingerprint density at radius 2 is 1.67 bits per heavy atom. The summed E-state index contributed by atoms with van der Waals surface area (Å²) in [4.78, 5) is 10.2.